The first-order valence-corrected chi connectivity index (χ1v) is 12.2. The SMILES string of the molecule is CCCCCCCCOc1ccc(C2CCC(OC(=O)[C@@H](F)CCCC)CC2)cc1. The maximum Gasteiger partial charge on any atom is 0.340 e. The van der Waals surface area contributed by atoms with E-state index >= 15 is 0 Å². The highest BCUT2D eigenvalue weighted by Gasteiger charge is 2.27. The van der Waals surface area contributed by atoms with E-state index in [-0.39, 0.29) is 12.5 Å². The van der Waals surface area contributed by atoms with Crippen molar-refractivity contribution >= 4 is 5.97 Å². The molecule has 1 aromatic carbocycles. The van der Waals surface area contributed by atoms with Crippen molar-refractivity contribution in [2.24, 2.45) is 0 Å². The van der Waals surface area contributed by atoms with Gasteiger partial charge in [-0.1, -0.05) is 70.9 Å². The summed E-state index contributed by atoms with van der Waals surface area (Å²) in [6, 6.07) is 8.46. The fourth-order valence-electron chi connectivity index (χ4n) is 4.16. The van der Waals surface area contributed by atoms with Crippen molar-refractivity contribution in [1.82, 2.24) is 0 Å². The van der Waals surface area contributed by atoms with E-state index in [9.17, 15) is 9.18 Å². The molecule has 0 bridgehead atoms. The fourth-order valence-corrected chi connectivity index (χ4v) is 4.16. The molecule has 0 amide bonds. The summed E-state index contributed by atoms with van der Waals surface area (Å²) in [5.41, 5.74) is 1.32. The molecule has 0 aliphatic heterocycles. The molecule has 0 saturated heterocycles. The van der Waals surface area contributed by atoms with E-state index in [0.717, 1.165) is 57.3 Å². The minimum absolute atomic E-state index is 0.131. The first-order chi connectivity index (χ1) is 14.6. The smallest absolute Gasteiger partial charge is 0.340 e. The van der Waals surface area contributed by atoms with Gasteiger partial charge in [-0.05, 0) is 62.1 Å². The number of alkyl halides is 1. The van der Waals surface area contributed by atoms with Crippen LogP contribution in [0, 0.1) is 0 Å². The van der Waals surface area contributed by atoms with Crippen molar-refractivity contribution in [3.05, 3.63) is 29.8 Å². The van der Waals surface area contributed by atoms with E-state index in [1.807, 2.05) is 6.92 Å². The van der Waals surface area contributed by atoms with Crippen molar-refractivity contribution in [2.75, 3.05) is 6.61 Å². The quantitative estimate of drug-likeness (QED) is 0.230. The second-order valence-corrected chi connectivity index (χ2v) is 8.71. The van der Waals surface area contributed by atoms with Crippen LogP contribution in [0.4, 0.5) is 4.39 Å². The lowest BCUT2D eigenvalue weighted by atomic mass is 9.83. The predicted molar refractivity (Wildman–Crippen MR) is 121 cm³/mol. The summed E-state index contributed by atoms with van der Waals surface area (Å²) in [5.74, 6) is 0.753. The molecule has 4 heteroatoms. The van der Waals surface area contributed by atoms with Gasteiger partial charge in [0.25, 0.3) is 0 Å². The molecule has 2 rings (SSSR count). The summed E-state index contributed by atoms with van der Waals surface area (Å²) in [7, 11) is 0. The van der Waals surface area contributed by atoms with Gasteiger partial charge >= 0.3 is 5.97 Å². The second-order valence-electron chi connectivity index (χ2n) is 8.71. The van der Waals surface area contributed by atoms with Crippen molar-refractivity contribution < 1.29 is 18.7 Å². The lowest BCUT2D eigenvalue weighted by Crippen LogP contribution is -2.28. The van der Waals surface area contributed by atoms with Crippen LogP contribution in [0.3, 0.4) is 0 Å². The van der Waals surface area contributed by atoms with Crippen LogP contribution < -0.4 is 4.74 Å². The summed E-state index contributed by atoms with van der Waals surface area (Å²) >= 11 is 0. The molecular weight excluding hydrogens is 379 g/mol. The van der Waals surface area contributed by atoms with Crippen LogP contribution in [-0.2, 0) is 9.53 Å². The van der Waals surface area contributed by atoms with Gasteiger partial charge in [-0.2, -0.15) is 0 Å². The van der Waals surface area contributed by atoms with Gasteiger partial charge in [0.05, 0.1) is 6.61 Å². The molecule has 1 saturated carbocycles. The number of hydrogen-bond acceptors (Lipinski definition) is 3. The first-order valence-electron chi connectivity index (χ1n) is 12.2. The number of rotatable bonds is 14. The topological polar surface area (TPSA) is 35.5 Å². The Morgan fingerprint density at radius 2 is 1.57 bits per heavy atom. The molecule has 170 valence electrons. The minimum atomic E-state index is -1.47. The maximum absolute atomic E-state index is 13.8. The van der Waals surface area contributed by atoms with Crippen molar-refractivity contribution in [2.45, 2.75) is 116 Å². The Kier molecular flexibility index (Phi) is 11.9. The number of esters is 1. The van der Waals surface area contributed by atoms with Gasteiger partial charge in [-0.25, -0.2) is 9.18 Å². The monoisotopic (exact) mass is 420 g/mol. The number of halogens is 1. The Bertz CT molecular complexity index is 578. The van der Waals surface area contributed by atoms with Gasteiger partial charge in [0.2, 0.25) is 0 Å². The summed E-state index contributed by atoms with van der Waals surface area (Å²) in [6.45, 7) is 5.02. The van der Waals surface area contributed by atoms with Gasteiger partial charge in [0.15, 0.2) is 6.17 Å². The van der Waals surface area contributed by atoms with E-state index in [1.54, 1.807) is 0 Å². The number of benzene rings is 1. The molecule has 0 radical (unpaired) electrons. The van der Waals surface area contributed by atoms with Crippen molar-refractivity contribution in [3.63, 3.8) is 0 Å². The number of unbranched alkanes of at least 4 members (excludes halogenated alkanes) is 6. The summed E-state index contributed by atoms with van der Waals surface area (Å²) in [4.78, 5) is 11.9. The number of carbonyl (C=O) groups is 1. The third-order valence-electron chi connectivity index (χ3n) is 6.14. The van der Waals surface area contributed by atoms with E-state index < -0.39 is 12.1 Å². The molecule has 0 aromatic heterocycles. The molecule has 1 aromatic rings. The van der Waals surface area contributed by atoms with E-state index in [2.05, 4.69) is 31.2 Å². The molecule has 30 heavy (non-hydrogen) atoms. The van der Waals surface area contributed by atoms with Crippen LogP contribution in [0.1, 0.15) is 109 Å². The van der Waals surface area contributed by atoms with E-state index in [4.69, 9.17) is 9.47 Å². The average Bonchev–Trinajstić information content (AvgIpc) is 2.77. The highest BCUT2D eigenvalue weighted by atomic mass is 19.1. The average molecular weight is 421 g/mol. The first kappa shape index (κ1) is 24.7. The summed E-state index contributed by atoms with van der Waals surface area (Å²) in [5, 5.41) is 0. The van der Waals surface area contributed by atoms with E-state index in [1.165, 1.54) is 37.7 Å². The van der Waals surface area contributed by atoms with Crippen LogP contribution in [0.2, 0.25) is 0 Å². The fraction of sp³-hybridized carbons (Fsp3) is 0.731. The Labute approximate surface area is 182 Å². The molecular formula is C26H41FO3. The summed E-state index contributed by atoms with van der Waals surface area (Å²) in [6.07, 6.45) is 11.5. The molecule has 1 atom stereocenters. The van der Waals surface area contributed by atoms with Crippen molar-refractivity contribution in [1.29, 1.82) is 0 Å². The molecule has 0 N–H and O–H groups in total. The standard InChI is InChI=1S/C26H41FO3/c1-3-5-7-8-9-10-20-29-23-16-12-21(13-17-23)22-14-18-24(19-15-22)30-26(28)25(27)11-6-4-2/h12-13,16-17,22,24-25H,3-11,14-15,18-20H2,1-2H3/t22?,24?,25-/m0/s1. The maximum atomic E-state index is 13.8. The minimum Gasteiger partial charge on any atom is -0.494 e. The predicted octanol–water partition coefficient (Wildman–Crippen LogP) is 7.52. The Morgan fingerprint density at radius 1 is 0.933 bits per heavy atom. The Balaban J connectivity index is 1.65. The highest BCUT2D eigenvalue weighted by Crippen LogP contribution is 2.35. The number of ether oxygens (including phenoxy) is 2. The second kappa shape index (κ2) is 14.4. The van der Waals surface area contributed by atoms with Gasteiger partial charge in [0.1, 0.15) is 11.9 Å². The van der Waals surface area contributed by atoms with E-state index in [0.29, 0.717) is 5.92 Å². The lowest BCUT2D eigenvalue weighted by molar-refractivity contribution is -0.157. The summed E-state index contributed by atoms with van der Waals surface area (Å²) < 4.78 is 25.1. The largest absolute Gasteiger partial charge is 0.494 e. The molecule has 1 aliphatic carbocycles. The zero-order valence-electron chi connectivity index (χ0n) is 19.0. The molecule has 1 aliphatic rings. The Morgan fingerprint density at radius 3 is 2.23 bits per heavy atom. The normalized spacial score (nSPS) is 20.0. The molecule has 0 heterocycles. The molecule has 3 nitrogen and oxygen atoms in total. The molecule has 1 fully saturated rings. The zero-order chi connectivity index (χ0) is 21.6. The van der Waals surface area contributed by atoms with Gasteiger partial charge < -0.3 is 9.47 Å². The molecule has 0 unspecified atom stereocenters. The van der Waals surface area contributed by atoms with Crippen LogP contribution >= 0.6 is 0 Å². The third-order valence-corrected chi connectivity index (χ3v) is 6.14. The lowest BCUT2D eigenvalue weighted by Gasteiger charge is -2.29. The van der Waals surface area contributed by atoms with Gasteiger partial charge in [0, 0.05) is 0 Å². The van der Waals surface area contributed by atoms with Crippen LogP contribution in [-0.4, -0.2) is 24.9 Å². The van der Waals surface area contributed by atoms with Crippen LogP contribution in [0.15, 0.2) is 24.3 Å². The van der Waals surface area contributed by atoms with Gasteiger partial charge in [-0.15, -0.1) is 0 Å². The zero-order valence-corrected chi connectivity index (χ0v) is 19.0. The van der Waals surface area contributed by atoms with Crippen LogP contribution in [0.5, 0.6) is 5.75 Å². The number of hydrogen-bond donors (Lipinski definition) is 0. The molecule has 0 spiro atoms. The van der Waals surface area contributed by atoms with Crippen LogP contribution in [0.25, 0.3) is 0 Å². The number of carbonyl (C=O) groups excluding carboxylic acids is 1. The third kappa shape index (κ3) is 9.06. The van der Waals surface area contributed by atoms with Gasteiger partial charge in [-0.3, -0.25) is 0 Å². The van der Waals surface area contributed by atoms with Crippen molar-refractivity contribution in [3.8, 4) is 5.75 Å². The Hall–Kier alpha value is -1.58. The highest BCUT2D eigenvalue weighted by molar-refractivity contribution is 5.74.